The highest BCUT2D eigenvalue weighted by molar-refractivity contribution is 7.89. The quantitative estimate of drug-likeness (QED) is 0.855. The van der Waals surface area contributed by atoms with Gasteiger partial charge in [-0.2, -0.15) is 0 Å². The Bertz CT molecular complexity index is 602. The number of aromatic nitrogens is 1. The summed E-state index contributed by atoms with van der Waals surface area (Å²) < 4.78 is 22.5. The molecule has 18 heavy (non-hydrogen) atoms. The summed E-state index contributed by atoms with van der Waals surface area (Å²) >= 11 is 5.84. The van der Waals surface area contributed by atoms with Gasteiger partial charge in [-0.15, -0.1) is 0 Å². The topological polar surface area (TPSA) is 93.4 Å². The molecule has 0 aliphatic carbocycles. The molecule has 1 aliphatic heterocycles. The van der Waals surface area contributed by atoms with E-state index < -0.39 is 15.3 Å². The molecule has 0 radical (unpaired) electrons. The van der Waals surface area contributed by atoms with E-state index in [-0.39, 0.29) is 18.9 Å². The molecule has 2 rings (SSSR count). The monoisotopic (exact) mass is 289 g/mol. The summed E-state index contributed by atoms with van der Waals surface area (Å²) in [7, 11) is -3.71. The number of primary sulfonamides is 1. The molecule has 6 nitrogen and oxygen atoms in total. The minimum absolute atomic E-state index is 0.0335. The van der Waals surface area contributed by atoms with E-state index in [0.29, 0.717) is 10.8 Å². The van der Waals surface area contributed by atoms with Crippen LogP contribution in [0.25, 0.3) is 0 Å². The van der Waals surface area contributed by atoms with Crippen LogP contribution >= 0.6 is 11.6 Å². The van der Waals surface area contributed by atoms with E-state index in [0.717, 1.165) is 5.56 Å². The number of sulfonamides is 1. The van der Waals surface area contributed by atoms with Gasteiger partial charge in [0.15, 0.2) is 0 Å². The number of pyridine rings is 1. The molecule has 2 heterocycles. The zero-order valence-electron chi connectivity index (χ0n) is 9.63. The number of nitrogens with zero attached hydrogens (tertiary/aromatic N) is 2. The molecule has 1 unspecified atom stereocenters. The summed E-state index contributed by atoms with van der Waals surface area (Å²) in [6, 6.07) is 1.64. The Morgan fingerprint density at radius 2 is 2.22 bits per heavy atom. The lowest BCUT2D eigenvalue weighted by Gasteiger charge is -2.15. The van der Waals surface area contributed by atoms with E-state index >= 15 is 0 Å². The first kappa shape index (κ1) is 13.3. The van der Waals surface area contributed by atoms with Crippen LogP contribution in [0, 0.1) is 6.92 Å². The Morgan fingerprint density at radius 1 is 1.56 bits per heavy atom. The molecule has 98 valence electrons. The van der Waals surface area contributed by atoms with Crippen molar-refractivity contribution in [2.45, 2.75) is 18.6 Å². The van der Waals surface area contributed by atoms with Crippen LogP contribution in [0.3, 0.4) is 0 Å². The molecular weight excluding hydrogens is 278 g/mol. The average Bonchev–Trinajstić information content (AvgIpc) is 2.64. The third kappa shape index (κ3) is 2.47. The molecule has 2 N–H and O–H groups in total. The maximum atomic E-state index is 11.8. The summed E-state index contributed by atoms with van der Waals surface area (Å²) in [6.07, 6.45) is 1.33. The molecule has 1 aliphatic rings. The van der Waals surface area contributed by atoms with Crippen LogP contribution in [0.1, 0.15) is 12.0 Å². The number of anilines is 1. The van der Waals surface area contributed by atoms with Gasteiger partial charge in [0.25, 0.3) is 0 Å². The van der Waals surface area contributed by atoms with Crippen LogP contribution in [0.15, 0.2) is 12.3 Å². The van der Waals surface area contributed by atoms with Crippen molar-refractivity contribution >= 4 is 33.3 Å². The zero-order chi connectivity index (χ0) is 13.5. The number of nitrogens with two attached hydrogens (primary N) is 1. The van der Waals surface area contributed by atoms with Gasteiger partial charge in [0.2, 0.25) is 15.9 Å². The summed E-state index contributed by atoms with van der Waals surface area (Å²) in [4.78, 5) is 17.1. The number of aryl methyl sites for hydroxylation is 1. The van der Waals surface area contributed by atoms with Crippen molar-refractivity contribution in [3.8, 4) is 0 Å². The van der Waals surface area contributed by atoms with Gasteiger partial charge in [-0.05, 0) is 18.6 Å². The van der Waals surface area contributed by atoms with Gasteiger partial charge in [-0.1, -0.05) is 11.6 Å². The van der Waals surface area contributed by atoms with E-state index in [2.05, 4.69) is 4.98 Å². The first-order chi connectivity index (χ1) is 8.29. The SMILES string of the molecule is Cc1cc(N2CC(S(N)(=O)=O)CC2=O)ncc1Cl. The van der Waals surface area contributed by atoms with Crippen molar-refractivity contribution in [2.75, 3.05) is 11.4 Å². The second-order valence-corrected chi connectivity index (χ2v) is 6.46. The normalized spacial score (nSPS) is 20.5. The Morgan fingerprint density at radius 3 is 2.72 bits per heavy atom. The standard InChI is InChI=1S/C10H12ClN3O3S/c1-6-2-9(13-4-8(6)11)14-5-7(3-10(14)15)18(12,16)17/h2,4,7H,3,5H2,1H3,(H2,12,16,17). The first-order valence-electron chi connectivity index (χ1n) is 5.23. The highest BCUT2D eigenvalue weighted by Gasteiger charge is 2.37. The van der Waals surface area contributed by atoms with E-state index in [4.69, 9.17) is 16.7 Å². The van der Waals surface area contributed by atoms with E-state index in [1.54, 1.807) is 13.0 Å². The number of hydrogen-bond acceptors (Lipinski definition) is 4. The van der Waals surface area contributed by atoms with Gasteiger partial charge in [-0.3, -0.25) is 9.69 Å². The van der Waals surface area contributed by atoms with Gasteiger partial charge in [-0.25, -0.2) is 18.5 Å². The minimum atomic E-state index is -3.71. The van der Waals surface area contributed by atoms with Crippen LogP contribution < -0.4 is 10.0 Å². The second kappa shape index (κ2) is 4.49. The highest BCUT2D eigenvalue weighted by Crippen LogP contribution is 2.25. The molecule has 0 spiro atoms. The molecule has 1 saturated heterocycles. The van der Waals surface area contributed by atoms with Gasteiger partial charge in [0.05, 0.1) is 5.02 Å². The Balaban J connectivity index is 2.30. The predicted octanol–water partition coefficient (Wildman–Crippen LogP) is 0.437. The molecule has 1 aromatic rings. The minimum Gasteiger partial charge on any atom is -0.295 e. The molecule has 8 heteroatoms. The maximum Gasteiger partial charge on any atom is 0.229 e. The molecule has 1 atom stereocenters. The fourth-order valence-corrected chi connectivity index (χ4v) is 2.62. The highest BCUT2D eigenvalue weighted by atomic mass is 35.5. The Labute approximate surface area is 110 Å². The first-order valence-corrected chi connectivity index (χ1v) is 7.22. The largest absolute Gasteiger partial charge is 0.295 e. The molecular formula is C10H12ClN3O3S. The van der Waals surface area contributed by atoms with Gasteiger partial charge in [0.1, 0.15) is 11.1 Å². The Hall–Kier alpha value is -1.18. The van der Waals surface area contributed by atoms with Gasteiger partial charge >= 0.3 is 0 Å². The van der Waals surface area contributed by atoms with Crippen molar-refractivity contribution in [2.24, 2.45) is 5.14 Å². The van der Waals surface area contributed by atoms with Crippen LogP contribution in [-0.2, 0) is 14.8 Å². The van der Waals surface area contributed by atoms with Crippen LogP contribution in [-0.4, -0.2) is 31.1 Å². The molecule has 1 fully saturated rings. The summed E-state index contributed by atoms with van der Waals surface area (Å²) in [5.41, 5.74) is 0.772. The molecule has 0 bridgehead atoms. The molecule has 0 aromatic carbocycles. The van der Waals surface area contributed by atoms with Crippen molar-refractivity contribution in [3.05, 3.63) is 22.8 Å². The van der Waals surface area contributed by atoms with Crippen LogP contribution in [0.5, 0.6) is 0 Å². The fourth-order valence-electron chi connectivity index (χ4n) is 1.79. The second-order valence-electron chi connectivity index (χ2n) is 4.21. The lowest BCUT2D eigenvalue weighted by Crippen LogP contribution is -2.32. The Kier molecular flexibility index (Phi) is 3.31. The smallest absolute Gasteiger partial charge is 0.229 e. The number of hydrogen-bond donors (Lipinski definition) is 1. The van der Waals surface area contributed by atoms with Crippen molar-refractivity contribution in [1.29, 1.82) is 0 Å². The maximum absolute atomic E-state index is 11.8. The van der Waals surface area contributed by atoms with E-state index in [1.165, 1.54) is 11.1 Å². The van der Waals surface area contributed by atoms with Crippen LogP contribution in [0.4, 0.5) is 5.82 Å². The van der Waals surface area contributed by atoms with Crippen molar-refractivity contribution < 1.29 is 13.2 Å². The van der Waals surface area contributed by atoms with E-state index in [1.807, 2.05) is 0 Å². The van der Waals surface area contributed by atoms with Gasteiger partial charge in [0, 0.05) is 19.2 Å². The molecule has 1 aromatic heterocycles. The van der Waals surface area contributed by atoms with E-state index in [9.17, 15) is 13.2 Å². The summed E-state index contributed by atoms with van der Waals surface area (Å²) in [5, 5.41) is 4.67. The number of rotatable bonds is 2. The summed E-state index contributed by atoms with van der Waals surface area (Å²) in [6.45, 7) is 1.82. The lowest BCUT2D eigenvalue weighted by molar-refractivity contribution is -0.117. The third-order valence-electron chi connectivity index (χ3n) is 2.86. The summed E-state index contributed by atoms with van der Waals surface area (Å²) in [5.74, 6) is 0.0938. The number of halogens is 1. The fraction of sp³-hybridized carbons (Fsp3) is 0.400. The number of carbonyl (C=O) groups excluding carboxylic acids is 1. The van der Waals surface area contributed by atoms with Crippen molar-refractivity contribution in [1.82, 2.24) is 4.98 Å². The molecule has 0 saturated carbocycles. The lowest BCUT2D eigenvalue weighted by atomic mass is 10.3. The number of carbonyl (C=O) groups is 1. The van der Waals surface area contributed by atoms with Gasteiger partial charge < -0.3 is 0 Å². The van der Waals surface area contributed by atoms with Crippen LogP contribution in [0.2, 0.25) is 5.02 Å². The number of amides is 1. The zero-order valence-corrected chi connectivity index (χ0v) is 11.2. The van der Waals surface area contributed by atoms with Crippen molar-refractivity contribution in [3.63, 3.8) is 0 Å². The average molecular weight is 290 g/mol. The molecule has 1 amide bonds. The third-order valence-corrected chi connectivity index (χ3v) is 4.50. The predicted molar refractivity (Wildman–Crippen MR) is 67.8 cm³/mol.